The molecule has 0 atom stereocenters. The van der Waals surface area contributed by atoms with Gasteiger partial charge >= 0.3 is 5.97 Å². The van der Waals surface area contributed by atoms with E-state index in [4.69, 9.17) is 9.47 Å². The van der Waals surface area contributed by atoms with Gasteiger partial charge in [-0.25, -0.2) is 4.79 Å². The minimum Gasteiger partial charge on any atom is -0.482 e. The van der Waals surface area contributed by atoms with Gasteiger partial charge in [-0.2, -0.15) is 0 Å². The molecule has 0 heterocycles. The summed E-state index contributed by atoms with van der Waals surface area (Å²) in [6.07, 6.45) is 1.77. The van der Waals surface area contributed by atoms with E-state index in [9.17, 15) is 4.79 Å². The van der Waals surface area contributed by atoms with Crippen LogP contribution in [0.1, 0.15) is 31.9 Å². The number of esters is 1. The SMILES string of the molecule is C=Cc1ccc(OCC(=O)OC(C)(C)C)c(C)c1. The predicted molar refractivity (Wildman–Crippen MR) is 72.6 cm³/mol. The average molecular weight is 248 g/mol. The lowest BCUT2D eigenvalue weighted by molar-refractivity contribution is -0.157. The topological polar surface area (TPSA) is 35.5 Å². The Kier molecular flexibility index (Phi) is 4.54. The van der Waals surface area contributed by atoms with Crippen molar-refractivity contribution in [3.8, 4) is 5.75 Å². The maximum atomic E-state index is 11.5. The van der Waals surface area contributed by atoms with Crippen LogP contribution in [-0.4, -0.2) is 18.2 Å². The molecule has 1 rings (SSSR count). The van der Waals surface area contributed by atoms with Gasteiger partial charge in [-0.3, -0.25) is 0 Å². The van der Waals surface area contributed by atoms with Crippen LogP contribution in [0, 0.1) is 6.92 Å². The first-order valence-corrected chi connectivity index (χ1v) is 5.89. The van der Waals surface area contributed by atoms with Crippen LogP contribution < -0.4 is 4.74 Å². The Bertz CT molecular complexity index is 442. The zero-order chi connectivity index (χ0) is 13.8. The molecule has 0 fully saturated rings. The van der Waals surface area contributed by atoms with E-state index in [2.05, 4.69) is 6.58 Å². The van der Waals surface area contributed by atoms with Crippen molar-refractivity contribution in [1.82, 2.24) is 0 Å². The molecule has 0 aliphatic carbocycles. The van der Waals surface area contributed by atoms with E-state index in [-0.39, 0.29) is 12.6 Å². The molecule has 0 unspecified atom stereocenters. The van der Waals surface area contributed by atoms with E-state index < -0.39 is 5.60 Å². The quantitative estimate of drug-likeness (QED) is 0.766. The minimum absolute atomic E-state index is 0.0778. The number of rotatable bonds is 4. The molecule has 18 heavy (non-hydrogen) atoms. The Hall–Kier alpha value is -1.77. The summed E-state index contributed by atoms with van der Waals surface area (Å²) in [4.78, 5) is 11.5. The van der Waals surface area contributed by atoms with E-state index in [0.717, 1.165) is 11.1 Å². The molecule has 3 nitrogen and oxygen atoms in total. The lowest BCUT2D eigenvalue weighted by atomic mass is 10.1. The number of hydrogen-bond acceptors (Lipinski definition) is 3. The fourth-order valence-corrected chi connectivity index (χ4v) is 1.47. The highest BCUT2D eigenvalue weighted by atomic mass is 16.6. The summed E-state index contributed by atoms with van der Waals surface area (Å²) in [7, 11) is 0. The highest BCUT2D eigenvalue weighted by molar-refractivity contribution is 5.71. The largest absolute Gasteiger partial charge is 0.482 e. The van der Waals surface area contributed by atoms with Gasteiger partial charge in [0.05, 0.1) is 0 Å². The second-order valence-corrected chi connectivity index (χ2v) is 5.10. The molecular formula is C15H20O3. The lowest BCUT2D eigenvalue weighted by Crippen LogP contribution is -2.27. The Morgan fingerprint density at radius 2 is 2.06 bits per heavy atom. The summed E-state index contributed by atoms with van der Waals surface area (Å²) in [5, 5.41) is 0. The first-order chi connectivity index (χ1) is 8.31. The van der Waals surface area contributed by atoms with E-state index in [1.165, 1.54) is 0 Å². The van der Waals surface area contributed by atoms with Crippen LogP contribution in [0.5, 0.6) is 5.75 Å². The molecule has 1 aromatic carbocycles. The normalized spacial score (nSPS) is 10.9. The van der Waals surface area contributed by atoms with Crippen molar-refractivity contribution in [2.24, 2.45) is 0 Å². The number of hydrogen-bond donors (Lipinski definition) is 0. The number of carbonyl (C=O) groups excluding carboxylic acids is 1. The molecular weight excluding hydrogens is 228 g/mol. The number of carbonyl (C=O) groups is 1. The minimum atomic E-state index is -0.484. The molecule has 0 aliphatic heterocycles. The molecule has 1 aromatic rings. The molecule has 0 saturated carbocycles. The zero-order valence-electron chi connectivity index (χ0n) is 11.4. The van der Waals surface area contributed by atoms with E-state index in [1.54, 1.807) is 6.08 Å². The van der Waals surface area contributed by atoms with Crippen LogP contribution >= 0.6 is 0 Å². The summed E-state index contributed by atoms with van der Waals surface area (Å²) in [5.41, 5.74) is 1.51. The van der Waals surface area contributed by atoms with Gasteiger partial charge in [0.2, 0.25) is 0 Å². The van der Waals surface area contributed by atoms with E-state index >= 15 is 0 Å². The highest BCUT2D eigenvalue weighted by Gasteiger charge is 2.16. The molecule has 0 bridgehead atoms. The molecule has 0 amide bonds. The van der Waals surface area contributed by atoms with Gasteiger partial charge in [0.25, 0.3) is 0 Å². The molecule has 0 aliphatic rings. The Morgan fingerprint density at radius 1 is 1.39 bits per heavy atom. The van der Waals surface area contributed by atoms with Crippen LogP contribution in [0.4, 0.5) is 0 Å². The highest BCUT2D eigenvalue weighted by Crippen LogP contribution is 2.19. The van der Waals surface area contributed by atoms with Gasteiger partial charge in [0.15, 0.2) is 6.61 Å². The molecule has 0 spiro atoms. The summed E-state index contributed by atoms with van der Waals surface area (Å²) >= 11 is 0. The summed E-state index contributed by atoms with van der Waals surface area (Å²) in [5.74, 6) is 0.321. The van der Waals surface area contributed by atoms with Crippen LogP contribution in [-0.2, 0) is 9.53 Å². The summed E-state index contributed by atoms with van der Waals surface area (Å²) in [6.45, 7) is 11.0. The maximum Gasteiger partial charge on any atom is 0.344 e. The third-order valence-electron chi connectivity index (χ3n) is 2.20. The standard InChI is InChI=1S/C15H20O3/c1-6-12-7-8-13(11(2)9-12)17-10-14(16)18-15(3,4)5/h6-9H,1,10H2,2-5H3. The van der Waals surface area contributed by atoms with Gasteiger partial charge in [-0.15, -0.1) is 0 Å². The average Bonchev–Trinajstić information content (AvgIpc) is 2.25. The monoisotopic (exact) mass is 248 g/mol. The van der Waals surface area contributed by atoms with Crippen molar-refractivity contribution >= 4 is 12.0 Å². The number of ether oxygens (including phenoxy) is 2. The summed E-state index contributed by atoms with van der Waals surface area (Å²) in [6, 6.07) is 5.68. The molecule has 0 aromatic heterocycles. The molecule has 0 radical (unpaired) electrons. The van der Waals surface area contributed by atoms with Crippen molar-refractivity contribution in [1.29, 1.82) is 0 Å². The maximum absolute atomic E-state index is 11.5. The van der Waals surface area contributed by atoms with Crippen LogP contribution in [0.3, 0.4) is 0 Å². The van der Waals surface area contributed by atoms with E-state index in [1.807, 2.05) is 45.9 Å². The second kappa shape index (κ2) is 5.71. The van der Waals surface area contributed by atoms with Crippen LogP contribution in [0.25, 0.3) is 6.08 Å². The second-order valence-electron chi connectivity index (χ2n) is 5.10. The molecule has 98 valence electrons. The molecule has 3 heteroatoms. The van der Waals surface area contributed by atoms with Gasteiger partial charge in [-0.1, -0.05) is 18.7 Å². The Balaban J connectivity index is 2.59. The van der Waals surface area contributed by atoms with Gasteiger partial charge in [0, 0.05) is 0 Å². The van der Waals surface area contributed by atoms with Crippen molar-refractivity contribution in [3.05, 3.63) is 35.9 Å². The van der Waals surface area contributed by atoms with E-state index in [0.29, 0.717) is 5.75 Å². The molecule has 0 N–H and O–H groups in total. The third-order valence-corrected chi connectivity index (χ3v) is 2.20. The zero-order valence-corrected chi connectivity index (χ0v) is 11.4. The fraction of sp³-hybridized carbons (Fsp3) is 0.400. The van der Waals surface area contributed by atoms with Crippen molar-refractivity contribution in [2.75, 3.05) is 6.61 Å². The fourth-order valence-electron chi connectivity index (χ4n) is 1.47. The van der Waals surface area contributed by atoms with Crippen molar-refractivity contribution < 1.29 is 14.3 Å². The smallest absolute Gasteiger partial charge is 0.344 e. The van der Waals surface area contributed by atoms with Gasteiger partial charge < -0.3 is 9.47 Å². The Labute approximate surface area is 108 Å². The first kappa shape index (κ1) is 14.3. The Morgan fingerprint density at radius 3 is 2.56 bits per heavy atom. The first-order valence-electron chi connectivity index (χ1n) is 5.89. The third kappa shape index (κ3) is 4.62. The molecule has 0 saturated heterocycles. The lowest BCUT2D eigenvalue weighted by Gasteiger charge is -2.19. The van der Waals surface area contributed by atoms with Crippen LogP contribution in [0.2, 0.25) is 0 Å². The van der Waals surface area contributed by atoms with Crippen LogP contribution in [0.15, 0.2) is 24.8 Å². The number of benzene rings is 1. The number of aryl methyl sites for hydroxylation is 1. The summed E-state index contributed by atoms with van der Waals surface area (Å²) < 4.78 is 10.6. The van der Waals surface area contributed by atoms with Crippen molar-refractivity contribution in [2.45, 2.75) is 33.3 Å². The van der Waals surface area contributed by atoms with Gasteiger partial charge in [0.1, 0.15) is 11.4 Å². The van der Waals surface area contributed by atoms with Crippen molar-refractivity contribution in [3.63, 3.8) is 0 Å². The predicted octanol–water partition coefficient (Wildman–Crippen LogP) is 3.36. The van der Waals surface area contributed by atoms with Gasteiger partial charge in [-0.05, 0) is 51.0 Å².